The van der Waals surface area contributed by atoms with E-state index >= 15 is 0 Å². The van der Waals surface area contributed by atoms with E-state index in [-0.39, 0.29) is 31.4 Å². The summed E-state index contributed by atoms with van der Waals surface area (Å²) in [5.74, 6) is -5.82. The fraction of sp³-hybridized carbons (Fsp3) is 0.429. The van der Waals surface area contributed by atoms with Crippen LogP contribution in [0.4, 0.5) is 0 Å². The molecule has 0 fully saturated rings. The molecule has 0 bridgehead atoms. The van der Waals surface area contributed by atoms with Gasteiger partial charge in [-0.3, -0.25) is 24.0 Å². The Morgan fingerprint density at radius 1 is 0.857 bits per heavy atom. The molecule has 4 amide bonds. The average Bonchev–Trinajstić information content (AvgIpc) is 2.78. The van der Waals surface area contributed by atoms with Crippen molar-refractivity contribution in [2.45, 2.75) is 50.2 Å². The molecule has 35 heavy (non-hydrogen) atoms. The first-order chi connectivity index (χ1) is 16.4. The lowest BCUT2D eigenvalue weighted by Crippen LogP contribution is -2.54. The molecule has 10 N–H and O–H groups in total. The molecule has 1 aromatic rings. The highest BCUT2D eigenvalue weighted by molar-refractivity contribution is 5.93. The minimum Gasteiger partial charge on any atom is -0.508 e. The van der Waals surface area contributed by atoms with Gasteiger partial charge in [-0.15, -0.1) is 0 Å². The molecule has 0 radical (unpaired) electrons. The number of aromatic hydroxyl groups is 1. The van der Waals surface area contributed by atoms with Crippen LogP contribution in [-0.4, -0.2) is 75.6 Å². The summed E-state index contributed by atoms with van der Waals surface area (Å²) >= 11 is 0. The Bertz CT molecular complexity index is 936. The van der Waals surface area contributed by atoms with Gasteiger partial charge in [-0.1, -0.05) is 12.1 Å². The van der Waals surface area contributed by atoms with Gasteiger partial charge < -0.3 is 42.7 Å². The Labute approximate surface area is 200 Å². The van der Waals surface area contributed by atoms with E-state index in [0.29, 0.717) is 5.56 Å². The molecule has 3 unspecified atom stereocenters. The van der Waals surface area contributed by atoms with E-state index in [1.165, 1.54) is 24.3 Å². The maximum atomic E-state index is 12.7. The molecule has 1 rings (SSSR count). The van der Waals surface area contributed by atoms with Gasteiger partial charge in [0.25, 0.3) is 0 Å². The predicted octanol–water partition coefficient (Wildman–Crippen LogP) is -2.44. The number of phenolic OH excluding ortho intramolecular Hbond substituents is 1. The van der Waals surface area contributed by atoms with E-state index in [9.17, 15) is 39.0 Å². The number of aliphatic carboxylic acids is 2. The molecule has 1 aromatic carbocycles. The first-order valence-corrected chi connectivity index (χ1v) is 10.5. The number of hydrogen-bond donors (Lipinski definition) is 8. The summed E-state index contributed by atoms with van der Waals surface area (Å²) in [6.07, 6.45) is -1.15. The number of benzene rings is 1. The normalized spacial score (nSPS) is 13.1. The highest BCUT2D eigenvalue weighted by atomic mass is 16.4. The zero-order chi connectivity index (χ0) is 26.5. The van der Waals surface area contributed by atoms with Crippen molar-refractivity contribution in [3.63, 3.8) is 0 Å². The molecule has 0 spiro atoms. The van der Waals surface area contributed by atoms with E-state index in [0.717, 1.165) is 0 Å². The van der Waals surface area contributed by atoms with Crippen LogP contribution in [-0.2, 0) is 35.2 Å². The van der Waals surface area contributed by atoms with Gasteiger partial charge in [-0.25, -0.2) is 4.79 Å². The summed E-state index contributed by atoms with van der Waals surface area (Å²) in [6, 6.07) is 1.73. The number of phenols is 1. The number of nitrogens with one attached hydrogen (secondary N) is 3. The molecule has 0 heterocycles. The second-order valence-electron chi connectivity index (χ2n) is 7.65. The third-order valence-electron chi connectivity index (χ3n) is 4.75. The summed E-state index contributed by atoms with van der Waals surface area (Å²) < 4.78 is 0. The number of carbonyl (C=O) groups excluding carboxylic acids is 4. The molecule has 14 heteroatoms. The highest BCUT2D eigenvalue weighted by Crippen LogP contribution is 2.12. The fourth-order valence-corrected chi connectivity index (χ4v) is 2.85. The Kier molecular flexibility index (Phi) is 11.7. The smallest absolute Gasteiger partial charge is 0.326 e. The van der Waals surface area contributed by atoms with Gasteiger partial charge in [0.1, 0.15) is 17.8 Å². The van der Waals surface area contributed by atoms with Crippen molar-refractivity contribution in [3.8, 4) is 5.75 Å². The second kappa shape index (κ2) is 14.1. The van der Waals surface area contributed by atoms with Crippen molar-refractivity contribution in [2.75, 3.05) is 6.54 Å². The summed E-state index contributed by atoms with van der Waals surface area (Å²) in [5.41, 5.74) is 11.1. The third kappa shape index (κ3) is 11.5. The van der Waals surface area contributed by atoms with Crippen LogP contribution in [0.3, 0.4) is 0 Å². The number of nitrogens with two attached hydrogens (primary N) is 2. The van der Waals surface area contributed by atoms with Crippen molar-refractivity contribution in [3.05, 3.63) is 29.8 Å². The summed E-state index contributed by atoms with van der Waals surface area (Å²) in [6.45, 7) is -0.601. The molecular formula is C21H29N5O9. The topological polar surface area (TPSA) is 251 Å². The molecule has 0 saturated heterocycles. The molecule has 14 nitrogen and oxygen atoms in total. The Hall–Kier alpha value is -4.20. The van der Waals surface area contributed by atoms with Crippen molar-refractivity contribution in [2.24, 2.45) is 11.5 Å². The average molecular weight is 495 g/mol. The van der Waals surface area contributed by atoms with E-state index in [2.05, 4.69) is 16.0 Å². The number of hydrogen-bond acceptors (Lipinski definition) is 8. The lowest BCUT2D eigenvalue weighted by molar-refractivity contribution is -0.143. The van der Waals surface area contributed by atoms with Gasteiger partial charge in [0.05, 0.1) is 12.6 Å². The molecule has 3 atom stereocenters. The van der Waals surface area contributed by atoms with E-state index in [4.69, 9.17) is 16.6 Å². The van der Waals surface area contributed by atoms with Gasteiger partial charge in [0, 0.05) is 19.3 Å². The van der Waals surface area contributed by atoms with Gasteiger partial charge >= 0.3 is 11.9 Å². The number of carboxylic acids is 2. The van der Waals surface area contributed by atoms with Crippen LogP contribution >= 0.6 is 0 Å². The monoisotopic (exact) mass is 495 g/mol. The predicted molar refractivity (Wildman–Crippen MR) is 120 cm³/mol. The number of carboxylic acid groups (broad SMARTS) is 2. The maximum absolute atomic E-state index is 12.7. The quantitative estimate of drug-likeness (QED) is 0.128. The Morgan fingerprint density at radius 2 is 1.49 bits per heavy atom. The number of carbonyl (C=O) groups is 6. The zero-order valence-corrected chi connectivity index (χ0v) is 18.7. The molecule has 0 aliphatic rings. The lowest BCUT2D eigenvalue weighted by atomic mass is 10.0. The van der Waals surface area contributed by atoms with Gasteiger partial charge in [0.2, 0.25) is 23.6 Å². The van der Waals surface area contributed by atoms with Crippen LogP contribution in [0.25, 0.3) is 0 Å². The first-order valence-electron chi connectivity index (χ1n) is 10.5. The van der Waals surface area contributed by atoms with Crippen molar-refractivity contribution < 1.29 is 44.1 Å². The fourth-order valence-electron chi connectivity index (χ4n) is 2.85. The Morgan fingerprint density at radius 3 is 2.03 bits per heavy atom. The van der Waals surface area contributed by atoms with E-state index in [1.54, 1.807) is 0 Å². The standard InChI is InChI=1S/C21H29N5O9/c22-13(5-7-16(23)28)19(32)24-10-17(29)25-14(6-8-18(30)31)20(33)26-15(21(34)35)9-11-1-3-12(27)4-2-11/h1-4,13-15,27H,5-10,22H2,(H2,23,28)(H,24,32)(H,25,29)(H,26,33)(H,30,31)(H,34,35). The first kappa shape index (κ1) is 28.8. The molecule has 0 aliphatic carbocycles. The van der Waals surface area contributed by atoms with Crippen LogP contribution in [0, 0.1) is 0 Å². The lowest BCUT2D eigenvalue weighted by Gasteiger charge is -2.21. The van der Waals surface area contributed by atoms with Gasteiger partial charge in [-0.05, 0) is 30.5 Å². The molecular weight excluding hydrogens is 466 g/mol. The Balaban J connectivity index is 2.77. The van der Waals surface area contributed by atoms with Crippen LogP contribution < -0.4 is 27.4 Å². The van der Waals surface area contributed by atoms with Gasteiger partial charge in [0.15, 0.2) is 0 Å². The van der Waals surface area contributed by atoms with Crippen LogP contribution in [0.5, 0.6) is 5.75 Å². The summed E-state index contributed by atoms with van der Waals surface area (Å²) in [4.78, 5) is 70.1. The summed E-state index contributed by atoms with van der Waals surface area (Å²) in [7, 11) is 0. The van der Waals surface area contributed by atoms with Crippen molar-refractivity contribution in [1.29, 1.82) is 0 Å². The minimum atomic E-state index is -1.40. The highest BCUT2D eigenvalue weighted by Gasteiger charge is 2.27. The van der Waals surface area contributed by atoms with E-state index in [1.807, 2.05) is 0 Å². The maximum Gasteiger partial charge on any atom is 0.326 e. The summed E-state index contributed by atoms with van der Waals surface area (Å²) in [5, 5.41) is 34.5. The SMILES string of the molecule is NC(=O)CCC(N)C(=O)NCC(=O)NC(CCC(=O)O)C(=O)NC(Cc1ccc(O)cc1)C(=O)O. The molecule has 0 aliphatic heterocycles. The van der Waals surface area contributed by atoms with Crippen LogP contribution in [0.2, 0.25) is 0 Å². The third-order valence-corrected chi connectivity index (χ3v) is 4.75. The molecule has 0 saturated carbocycles. The van der Waals surface area contributed by atoms with E-state index < -0.39 is 66.7 Å². The minimum absolute atomic E-state index is 0.0259. The molecule has 0 aromatic heterocycles. The number of amides is 4. The van der Waals surface area contributed by atoms with Crippen LogP contribution in [0.15, 0.2) is 24.3 Å². The zero-order valence-electron chi connectivity index (χ0n) is 18.7. The second-order valence-corrected chi connectivity index (χ2v) is 7.65. The van der Waals surface area contributed by atoms with Crippen molar-refractivity contribution in [1.82, 2.24) is 16.0 Å². The molecule has 192 valence electrons. The van der Waals surface area contributed by atoms with Crippen LogP contribution in [0.1, 0.15) is 31.2 Å². The largest absolute Gasteiger partial charge is 0.508 e. The van der Waals surface area contributed by atoms with Gasteiger partial charge in [-0.2, -0.15) is 0 Å². The number of rotatable bonds is 15. The number of primary amides is 1. The van der Waals surface area contributed by atoms with Crippen molar-refractivity contribution >= 4 is 35.6 Å².